The van der Waals surface area contributed by atoms with Gasteiger partial charge < -0.3 is 10.2 Å². The molecule has 7 heteroatoms. The number of hydrogen-bond donors (Lipinski definition) is 1. The van der Waals surface area contributed by atoms with Crippen molar-refractivity contribution in [3.8, 4) is 11.3 Å². The lowest BCUT2D eigenvalue weighted by Crippen LogP contribution is -2.43. The highest BCUT2D eigenvalue weighted by Crippen LogP contribution is 2.29. The Kier molecular flexibility index (Phi) is 8.51. The molecule has 1 fully saturated rings. The van der Waals surface area contributed by atoms with E-state index in [-0.39, 0.29) is 0 Å². The van der Waals surface area contributed by atoms with Crippen LogP contribution in [0, 0.1) is 0 Å². The maximum absolute atomic E-state index is 4.82. The van der Waals surface area contributed by atoms with E-state index in [1.807, 2.05) is 36.5 Å². The Morgan fingerprint density at radius 2 is 1.69 bits per heavy atom. The van der Waals surface area contributed by atoms with Crippen LogP contribution in [0.2, 0.25) is 0 Å². The van der Waals surface area contributed by atoms with Gasteiger partial charge in [0.15, 0.2) is 0 Å². The molecule has 5 rings (SSSR count). The molecule has 2 aliphatic heterocycles. The highest BCUT2D eigenvalue weighted by molar-refractivity contribution is 7.96. The van der Waals surface area contributed by atoms with Crippen LogP contribution in [0.4, 0.5) is 17.3 Å². The fourth-order valence-corrected chi connectivity index (χ4v) is 5.73. The van der Waals surface area contributed by atoms with Crippen LogP contribution < -0.4 is 10.2 Å². The Morgan fingerprint density at radius 1 is 0.889 bits per heavy atom. The molecular weight excluding hydrogens is 464 g/mol. The second kappa shape index (κ2) is 12.4. The van der Waals surface area contributed by atoms with Crippen molar-refractivity contribution in [2.75, 3.05) is 42.1 Å². The van der Waals surface area contributed by atoms with Crippen molar-refractivity contribution >= 4 is 29.3 Å². The number of nitrogens with one attached hydrogen (secondary N) is 1. The fraction of sp³-hybridized carbons (Fsp3) is 0.414. The van der Waals surface area contributed by atoms with Crippen LogP contribution >= 0.6 is 11.9 Å². The molecule has 0 saturated carbocycles. The number of rotatable bonds is 3. The van der Waals surface area contributed by atoms with E-state index in [1.165, 1.54) is 11.3 Å². The van der Waals surface area contributed by atoms with Crippen LogP contribution in [-0.4, -0.2) is 51.2 Å². The minimum atomic E-state index is 0.624. The highest BCUT2D eigenvalue weighted by atomic mass is 32.2. The van der Waals surface area contributed by atoms with E-state index in [0.717, 1.165) is 93.1 Å². The zero-order valence-electron chi connectivity index (χ0n) is 21.2. The van der Waals surface area contributed by atoms with Gasteiger partial charge in [-0.25, -0.2) is 14.3 Å². The second-order valence-electron chi connectivity index (χ2n) is 9.36. The zero-order chi connectivity index (χ0) is 24.6. The summed E-state index contributed by atoms with van der Waals surface area (Å²) >= 11 is 1.96. The van der Waals surface area contributed by atoms with Crippen molar-refractivity contribution in [3.63, 3.8) is 0 Å². The summed E-state index contributed by atoms with van der Waals surface area (Å²) in [6, 6.07) is 12.9. The van der Waals surface area contributed by atoms with Crippen molar-refractivity contribution in [2.24, 2.45) is 0 Å². The van der Waals surface area contributed by atoms with Gasteiger partial charge in [0.05, 0.1) is 5.69 Å². The van der Waals surface area contributed by atoms with Gasteiger partial charge in [-0.05, 0) is 80.5 Å². The molecule has 3 aromatic rings. The van der Waals surface area contributed by atoms with Gasteiger partial charge >= 0.3 is 0 Å². The molecule has 1 aromatic carbocycles. The number of aryl methyl sites for hydroxylation is 2. The first-order valence-corrected chi connectivity index (χ1v) is 14.2. The summed E-state index contributed by atoms with van der Waals surface area (Å²) in [4.78, 5) is 16.5. The van der Waals surface area contributed by atoms with E-state index in [9.17, 15) is 0 Å². The molecule has 0 aliphatic carbocycles. The van der Waals surface area contributed by atoms with E-state index in [1.54, 1.807) is 0 Å². The molecular formula is C29H36N6S. The monoisotopic (exact) mass is 500 g/mol. The maximum atomic E-state index is 4.82. The molecule has 1 N–H and O–H groups in total. The molecule has 1 saturated heterocycles. The summed E-state index contributed by atoms with van der Waals surface area (Å²) in [6.45, 7) is 6.60. The minimum absolute atomic E-state index is 0.624. The van der Waals surface area contributed by atoms with E-state index >= 15 is 0 Å². The van der Waals surface area contributed by atoms with Crippen LogP contribution in [0.5, 0.6) is 0 Å². The lowest BCUT2D eigenvalue weighted by atomic mass is 10.0. The number of benzene rings is 1. The predicted octanol–water partition coefficient (Wildman–Crippen LogP) is 6.29. The number of anilines is 3. The summed E-state index contributed by atoms with van der Waals surface area (Å²) in [6.07, 6.45) is 14.9. The van der Waals surface area contributed by atoms with Gasteiger partial charge in [0.1, 0.15) is 0 Å². The van der Waals surface area contributed by atoms with Gasteiger partial charge in [-0.15, -0.1) is 0 Å². The van der Waals surface area contributed by atoms with E-state index < -0.39 is 0 Å². The van der Waals surface area contributed by atoms with Gasteiger partial charge in [0, 0.05) is 67.0 Å². The first-order chi connectivity index (χ1) is 17.8. The highest BCUT2D eigenvalue weighted by Gasteiger charge is 2.19. The number of fused-ring (bicyclic) bond motifs is 7. The van der Waals surface area contributed by atoms with Crippen molar-refractivity contribution in [2.45, 2.75) is 45.4 Å². The zero-order valence-corrected chi connectivity index (χ0v) is 22.0. The summed E-state index contributed by atoms with van der Waals surface area (Å²) in [7, 11) is 0. The van der Waals surface area contributed by atoms with Crippen LogP contribution in [0.3, 0.4) is 0 Å². The predicted molar refractivity (Wildman–Crippen MR) is 152 cm³/mol. The van der Waals surface area contributed by atoms with Gasteiger partial charge in [-0.1, -0.05) is 31.0 Å². The maximum Gasteiger partial charge on any atom is 0.227 e. The number of piperazine rings is 1. The van der Waals surface area contributed by atoms with Gasteiger partial charge in [0.2, 0.25) is 5.95 Å². The smallest absolute Gasteiger partial charge is 0.227 e. The quantitative estimate of drug-likeness (QED) is 0.335. The number of allylic oxidation sites excluding steroid dienone is 2. The van der Waals surface area contributed by atoms with Crippen molar-refractivity contribution < 1.29 is 0 Å². The molecule has 6 bridgehead atoms. The Balaban J connectivity index is 1.41. The Hall–Kier alpha value is -2.90. The number of hydrogen-bond acceptors (Lipinski definition) is 7. The summed E-state index contributed by atoms with van der Waals surface area (Å²) in [5, 5.41) is 3.47. The lowest BCUT2D eigenvalue weighted by molar-refractivity contribution is 0.429. The van der Waals surface area contributed by atoms with E-state index in [0.29, 0.717) is 5.95 Å². The van der Waals surface area contributed by atoms with Crippen LogP contribution in [0.25, 0.3) is 11.3 Å². The molecule has 0 atom stereocenters. The third-order valence-corrected chi connectivity index (χ3v) is 7.77. The standard InChI is InChI=1S/C29H36N6S/c1-2-36-35-19-17-34(18-20-35)28-12-11-26-22-24(28)9-7-5-3-4-6-8-10-25-21-23(13-15-30-25)27-14-16-31-29(32-26)33-27/h3-4,11-16,21-22H,2,5-10,17-20H2,1H3,(H,31,32,33)/b4-3+. The molecule has 0 unspecified atom stereocenters. The van der Waals surface area contributed by atoms with Crippen molar-refractivity contribution in [1.82, 2.24) is 19.3 Å². The summed E-state index contributed by atoms with van der Waals surface area (Å²) < 4.78 is 2.50. The SMILES string of the molecule is CCSN1CCN(c2ccc3cc2CCC/C=C/CCCc2cc(ccn2)-c2ccnc(n2)N3)CC1. The number of aromatic nitrogens is 3. The normalized spacial score (nSPS) is 18.1. The first kappa shape index (κ1) is 24.8. The minimum Gasteiger partial charge on any atom is -0.369 e. The summed E-state index contributed by atoms with van der Waals surface area (Å²) in [5.41, 5.74) is 6.93. The third-order valence-electron chi connectivity index (χ3n) is 6.78. The molecule has 188 valence electrons. The lowest BCUT2D eigenvalue weighted by Gasteiger charge is -2.36. The van der Waals surface area contributed by atoms with Gasteiger partial charge in [-0.3, -0.25) is 4.98 Å². The number of pyridine rings is 1. The molecule has 0 spiro atoms. The van der Waals surface area contributed by atoms with Crippen LogP contribution in [0.15, 0.2) is 60.9 Å². The molecule has 2 aliphatic rings. The molecule has 0 amide bonds. The second-order valence-corrected chi connectivity index (χ2v) is 10.7. The molecule has 4 heterocycles. The fourth-order valence-electron chi connectivity index (χ4n) is 4.94. The van der Waals surface area contributed by atoms with Crippen LogP contribution in [-0.2, 0) is 12.8 Å². The van der Waals surface area contributed by atoms with Crippen molar-refractivity contribution in [1.29, 1.82) is 0 Å². The average Bonchev–Trinajstić information content (AvgIpc) is 2.91. The van der Waals surface area contributed by atoms with Gasteiger partial charge in [-0.2, -0.15) is 0 Å². The summed E-state index contributed by atoms with van der Waals surface area (Å²) in [5.74, 6) is 1.77. The Bertz CT molecular complexity index is 1170. The van der Waals surface area contributed by atoms with Crippen LogP contribution in [0.1, 0.15) is 43.9 Å². The Morgan fingerprint density at radius 3 is 2.53 bits per heavy atom. The third kappa shape index (κ3) is 6.45. The molecule has 0 radical (unpaired) electrons. The molecule has 2 aromatic heterocycles. The van der Waals surface area contributed by atoms with E-state index in [4.69, 9.17) is 4.98 Å². The van der Waals surface area contributed by atoms with Crippen molar-refractivity contribution in [3.05, 3.63) is 72.2 Å². The molecule has 6 nitrogen and oxygen atoms in total. The van der Waals surface area contributed by atoms with E-state index in [2.05, 4.69) is 67.8 Å². The number of nitrogens with zero attached hydrogens (tertiary/aromatic N) is 5. The first-order valence-electron chi connectivity index (χ1n) is 13.2. The molecule has 36 heavy (non-hydrogen) atoms. The topological polar surface area (TPSA) is 57.2 Å². The Labute approximate surface area is 219 Å². The largest absolute Gasteiger partial charge is 0.369 e. The van der Waals surface area contributed by atoms with Gasteiger partial charge in [0.25, 0.3) is 0 Å². The average molecular weight is 501 g/mol.